The van der Waals surface area contributed by atoms with Crippen molar-refractivity contribution in [2.24, 2.45) is 5.73 Å². The normalized spacial score (nSPS) is 10.3. The number of halogens is 1. The van der Waals surface area contributed by atoms with Gasteiger partial charge in [-0.25, -0.2) is 9.97 Å². The highest BCUT2D eigenvalue weighted by atomic mass is 35.5. The number of anilines is 3. The van der Waals surface area contributed by atoms with Crippen molar-refractivity contribution in [2.45, 2.75) is 6.42 Å². The second kappa shape index (κ2) is 7.94. The fraction of sp³-hybridized carbons (Fsp3) is 0.0588. The van der Waals surface area contributed by atoms with E-state index < -0.39 is 5.91 Å². The van der Waals surface area contributed by atoms with Gasteiger partial charge in [-0.15, -0.1) is 11.3 Å². The van der Waals surface area contributed by atoms with E-state index in [1.165, 1.54) is 17.5 Å². The molecular formula is C17H14ClN5O2S. The van der Waals surface area contributed by atoms with Crippen LogP contribution in [-0.4, -0.2) is 21.8 Å². The Bertz CT molecular complexity index is 942. The SMILES string of the molecule is NC(=O)c1ccccc1NC(=O)Cc1csc(Nc2ccc(Cl)cn2)n1. The van der Waals surface area contributed by atoms with E-state index in [1.807, 2.05) is 0 Å². The number of thiazole rings is 1. The number of para-hydroxylation sites is 1. The fourth-order valence-electron chi connectivity index (χ4n) is 2.17. The van der Waals surface area contributed by atoms with E-state index >= 15 is 0 Å². The van der Waals surface area contributed by atoms with Crippen LogP contribution in [0, 0.1) is 0 Å². The van der Waals surface area contributed by atoms with E-state index in [9.17, 15) is 9.59 Å². The van der Waals surface area contributed by atoms with Crippen LogP contribution in [0.2, 0.25) is 5.02 Å². The smallest absolute Gasteiger partial charge is 0.250 e. The molecule has 2 aromatic heterocycles. The third-order valence-electron chi connectivity index (χ3n) is 3.32. The summed E-state index contributed by atoms with van der Waals surface area (Å²) in [5.41, 5.74) is 6.54. The minimum absolute atomic E-state index is 0.0688. The van der Waals surface area contributed by atoms with Crippen LogP contribution >= 0.6 is 22.9 Å². The molecule has 0 aliphatic rings. The summed E-state index contributed by atoms with van der Waals surface area (Å²) in [6.07, 6.45) is 1.60. The van der Waals surface area contributed by atoms with Crippen molar-refractivity contribution in [2.75, 3.05) is 10.6 Å². The van der Waals surface area contributed by atoms with Crippen molar-refractivity contribution in [1.29, 1.82) is 0 Å². The number of primary amides is 1. The van der Waals surface area contributed by atoms with Crippen molar-refractivity contribution in [3.63, 3.8) is 0 Å². The van der Waals surface area contributed by atoms with Gasteiger partial charge in [-0.1, -0.05) is 23.7 Å². The van der Waals surface area contributed by atoms with Crippen LogP contribution in [0.4, 0.5) is 16.6 Å². The number of nitrogens with one attached hydrogen (secondary N) is 2. The molecule has 0 spiro atoms. The van der Waals surface area contributed by atoms with E-state index in [2.05, 4.69) is 20.6 Å². The maximum atomic E-state index is 12.2. The lowest BCUT2D eigenvalue weighted by Crippen LogP contribution is -2.19. The van der Waals surface area contributed by atoms with Crippen molar-refractivity contribution >= 4 is 51.4 Å². The number of rotatable bonds is 6. The number of hydrogen-bond donors (Lipinski definition) is 3. The third kappa shape index (κ3) is 4.56. The maximum absolute atomic E-state index is 12.2. The lowest BCUT2D eigenvalue weighted by atomic mass is 10.1. The number of amides is 2. The fourth-order valence-corrected chi connectivity index (χ4v) is 3.00. The monoisotopic (exact) mass is 387 g/mol. The molecule has 1 aromatic carbocycles. The molecule has 0 aliphatic carbocycles. The molecule has 3 aromatic rings. The molecule has 3 rings (SSSR count). The molecule has 0 radical (unpaired) electrons. The Balaban J connectivity index is 1.63. The summed E-state index contributed by atoms with van der Waals surface area (Å²) < 4.78 is 0. The number of aromatic nitrogens is 2. The van der Waals surface area contributed by atoms with E-state index in [0.717, 1.165) is 0 Å². The zero-order chi connectivity index (χ0) is 18.5. The summed E-state index contributed by atoms with van der Waals surface area (Å²) >= 11 is 7.15. The van der Waals surface area contributed by atoms with Crippen molar-refractivity contribution in [3.05, 3.63) is 64.3 Å². The first-order valence-corrected chi connectivity index (χ1v) is 8.78. The number of carbonyl (C=O) groups excluding carboxylic acids is 2. The number of hydrogen-bond acceptors (Lipinski definition) is 6. The minimum Gasteiger partial charge on any atom is -0.366 e. The molecule has 4 N–H and O–H groups in total. The van der Waals surface area contributed by atoms with Crippen LogP contribution in [0.1, 0.15) is 16.1 Å². The molecule has 0 fully saturated rings. The highest BCUT2D eigenvalue weighted by Gasteiger charge is 2.12. The van der Waals surface area contributed by atoms with Gasteiger partial charge in [-0.2, -0.15) is 0 Å². The second-order valence-corrected chi connectivity index (χ2v) is 6.56. The standard InChI is InChI=1S/C17H14ClN5O2S/c18-10-5-6-14(20-8-10)23-17-21-11(9-26-17)7-15(24)22-13-4-2-1-3-12(13)16(19)25/h1-6,8-9H,7H2,(H2,19,25)(H,22,24)(H,20,21,23). The number of nitrogens with zero attached hydrogens (tertiary/aromatic N) is 2. The van der Waals surface area contributed by atoms with Gasteiger partial charge >= 0.3 is 0 Å². The lowest BCUT2D eigenvalue weighted by molar-refractivity contribution is -0.115. The number of pyridine rings is 1. The Morgan fingerprint density at radius 1 is 1.19 bits per heavy atom. The van der Waals surface area contributed by atoms with Crippen molar-refractivity contribution in [3.8, 4) is 0 Å². The highest BCUT2D eigenvalue weighted by molar-refractivity contribution is 7.13. The highest BCUT2D eigenvalue weighted by Crippen LogP contribution is 2.21. The van der Waals surface area contributed by atoms with Crippen LogP contribution < -0.4 is 16.4 Å². The molecule has 0 unspecified atom stereocenters. The van der Waals surface area contributed by atoms with Gasteiger partial charge in [0.1, 0.15) is 5.82 Å². The molecule has 9 heteroatoms. The van der Waals surface area contributed by atoms with Crippen molar-refractivity contribution < 1.29 is 9.59 Å². The lowest BCUT2D eigenvalue weighted by Gasteiger charge is -2.07. The number of nitrogens with two attached hydrogens (primary N) is 1. The quantitative estimate of drug-likeness (QED) is 0.601. The summed E-state index contributed by atoms with van der Waals surface area (Å²) in [6, 6.07) is 10.0. The summed E-state index contributed by atoms with van der Waals surface area (Å²) in [5, 5.41) is 8.66. The number of carbonyl (C=O) groups is 2. The van der Waals surface area contributed by atoms with E-state index in [0.29, 0.717) is 27.4 Å². The first-order valence-electron chi connectivity index (χ1n) is 7.53. The summed E-state index contributed by atoms with van der Waals surface area (Å²) in [4.78, 5) is 32.1. The van der Waals surface area contributed by atoms with Gasteiger partial charge in [-0.3, -0.25) is 9.59 Å². The largest absolute Gasteiger partial charge is 0.366 e. The van der Waals surface area contributed by atoms with Crippen LogP contribution in [-0.2, 0) is 11.2 Å². The molecule has 0 saturated carbocycles. The zero-order valence-corrected chi connectivity index (χ0v) is 15.0. The molecule has 7 nitrogen and oxygen atoms in total. The second-order valence-electron chi connectivity index (χ2n) is 5.27. The topological polar surface area (TPSA) is 110 Å². The Labute approximate surface area is 158 Å². The van der Waals surface area contributed by atoms with Gasteiger partial charge in [0.2, 0.25) is 5.91 Å². The van der Waals surface area contributed by atoms with Crippen LogP contribution in [0.15, 0.2) is 48.0 Å². The van der Waals surface area contributed by atoms with Crippen LogP contribution in [0.5, 0.6) is 0 Å². The summed E-state index contributed by atoms with van der Waals surface area (Å²) in [5.74, 6) is -0.285. The molecule has 2 heterocycles. The van der Waals surface area contributed by atoms with Crippen LogP contribution in [0.3, 0.4) is 0 Å². The zero-order valence-electron chi connectivity index (χ0n) is 13.4. The first-order chi connectivity index (χ1) is 12.5. The Morgan fingerprint density at radius 2 is 2.00 bits per heavy atom. The Kier molecular flexibility index (Phi) is 5.45. The van der Waals surface area contributed by atoms with Crippen molar-refractivity contribution in [1.82, 2.24) is 9.97 Å². The molecule has 0 aliphatic heterocycles. The van der Waals surface area contributed by atoms with Gasteiger partial charge in [0.15, 0.2) is 5.13 Å². The summed E-state index contributed by atoms with van der Waals surface area (Å²) in [7, 11) is 0. The van der Waals surface area contributed by atoms with Gasteiger partial charge in [0.05, 0.1) is 28.4 Å². The van der Waals surface area contributed by atoms with E-state index in [4.69, 9.17) is 17.3 Å². The molecular weight excluding hydrogens is 374 g/mol. The molecule has 2 amide bonds. The molecule has 132 valence electrons. The third-order valence-corrected chi connectivity index (χ3v) is 4.35. The van der Waals surface area contributed by atoms with E-state index in [-0.39, 0.29) is 17.9 Å². The predicted octanol–water partition coefficient (Wildman–Crippen LogP) is 3.22. The maximum Gasteiger partial charge on any atom is 0.250 e. The van der Waals surface area contributed by atoms with E-state index in [1.54, 1.807) is 41.8 Å². The summed E-state index contributed by atoms with van der Waals surface area (Å²) in [6.45, 7) is 0. The van der Waals surface area contributed by atoms with Gasteiger partial charge in [0.25, 0.3) is 5.91 Å². The molecule has 0 bridgehead atoms. The minimum atomic E-state index is -0.600. The van der Waals surface area contributed by atoms with Gasteiger partial charge in [-0.05, 0) is 24.3 Å². The first kappa shape index (κ1) is 17.8. The average Bonchev–Trinajstić information content (AvgIpc) is 3.04. The van der Waals surface area contributed by atoms with Gasteiger partial charge in [0, 0.05) is 11.6 Å². The molecule has 0 atom stereocenters. The van der Waals surface area contributed by atoms with Gasteiger partial charge < -0.3 is 16.4 Å². The Hall–Kier alpha value is -2.97. The molecule has 0 saturated heterocycles. The molecule has 26 heavy (non-hydrogen) atoms. The van der Waals surface area contributed by atoms with Crippen LogP contribution in [0.25, 0.3) is 0 Å². The number of benzene rings is 1. The predicted molar refractivity (Wildman–Crippen MR) is 102 cm³/mol. The average molecular weight is 388 g/mol. The Morgan fingerprint density at radius 3 is 2.73 bits per heavy atom.